The van der Waals surface area contributed by atoms with Crippen molar-refractivity contribution in [3.63, 3.8) is 0 Å². The summed E-state index contributed by atoms with van der Waals surface area (Å²) in [6, 6.07) is 8.11. The number of benzene rings is 2. The van der Waals surface area contributed by atoms with Crippen molar-refractivity contribution in [3.05, 3.63) is 50.6 Å². The largest absolute Gasteiger partial charge is 0.506 e. The maximum atomic E-state index is 12.3. The Morgan fingerprint density at radius 1 is 1.06 bits per heavy atom. The minimum absolute atomic E-state index is 0.00571. The summed E-state index contributed by atoms with van der Waals surface area (Å²) in [5, 5.41) is 10.1. The van der Waals surface area contributed by atoms with Crippen LogP contribution in [0.5, 0.6) is 5.75 Å². The van der Waals surface area contributed by atoms with Crippen molar-refractivity contribution >= 4 is 45.1 Å². The molecule has 0 saturated carbocycles. The Morgan fingerprint density at radius 2 is 1.78 bits per heavy atom. The van der Waals surface area contributed by atoms with E-state index in [1.165, 1.54) is 6.07 Å². The van der Waals surface area contributed by atoms with Crippen LogP contribution < -0.4 is 5.43 Å². The van der Waals surface area contributed by atoms with Gasteiger partial charge in [-0.25, -0.2) is 0 Å². The molecular formula is C13H6Cl2O3. The Labute approximate surface area is 111 Å². The molecule has 3 nitrogen and oxygen atoms in total. The summed E-state index contributed by atoms with van der Waals surface area (Å²) < 4.78 is 5.54. The Kier molecular flexibility index (Phi) is 2.47. The molecule has 1 aromatic heterocycles. The summed E-state index contributed by atoms with van der Waals surface area (Å²) in [6.45, 7) is 0. The van der Waals surface area contributed by atoms with Crippen molar-refractivity contribution in [2.24, 2.45) is 0 Å². The Bertz CT molecular complexity index is 837. The van der Waals surface area contributed by atoms with E-state index in [0.717, 1.165) is 0 Å². The molecule has 1 N–H and O–H groups in total. The number of para-hydroxylation sites is 1. The number of aromatic hydroxyl groups is 1. The maximum absolute atomic E-state index is 12.3. The molecule has 0 bridgehead atoms. The van der Waals surface area contributed by atoms with Crippen molar-refractivity contribution in [1.82, 2.24) is 0 Å². The Morgan fingerprint density at radius 3 is 2.56 bits per heavy atom. The summed E-state index contributed by atoms with van der Waals surface area (Å²) in [6.07, 6.45) is 0. The molecule has 0 amide bonds. The van der Waals surface area contributed by atoms with Crippen LogP contribution in [0, 0.1) is 0 Å². The first-order valence-corrected chi connectivity index (χ1v) is 5.87. The molecule has 5 heteroatoms. The van der Waals surface area contributed by atoms with Gasteiger partial charge in [-0.3, -0.25) is 4.79 Å². The van der Waals surface area contributed by atoms with Crippen molar-refractivity contribution in [2.45, 2.75) is 0 Å². The second-order valence-electron chi connectivity index (χ2n) is 3.82. The van der Waals surface area contributed by atoms with Gasteiger partial charge in [0.15, 0.2) is 0 Å². The van der Waals surface area contributed by atoms with Crippen molar-refractivity contribution < 1.29 is 9.52 Å². The van der Waals surface area contributed by atoms with E-state index in [-0.39, 0.29) is 32.2 Å². The molecule has 18 heavy (non-hydrogen) atoms. The highest BCUT2D eigenvalue weighted by molar-refractivity contribution is 6.46. The zero-order valence-corrected chi connectivity index (χ0v) is 10.4. The predicted octanol–water partition coefficient (Wildman–Crippen LogP) is 3.96. The lowest BCUT2D eigenvalue weighted by Crippen LogP contribution is -2.02. The molecule has 3 aromatic rings. The number of rotatable bonds is 0. The molecule has 90 valence electrons. The summed E-state index contributed by atoms with van der Waals surface area (Å²) in [5.41, 5.74) is 0.386. The molecule has 0 aliphatic carbocycles. The second-order valence-corrected chi connectivity index (χ2v) is 4.58. The van der Waals surface area contributed by atoms with E-state index in [2.05, 4.69) is 0 Å². The third-order valence-corrected chi connectivity index (χ3v) is 3.59. The highest BCUT2D eigenvalue weighted by atomic mass is 35.5. The first-order chi connectivity index (χ1) is 8.59. The smallest absolute Gasteiger partial charge is 0.202 e. The van der Waals surface area contributed by atoms with Crippen molar-refractivity contribution in [3.8, 4) is 5.75 Å². The lowest BCUT2D eigenvalue weighted by atomic mass is 10.1. The third kappa shape index (κ3) is 1.48. The van der Waals surface area contributed by atoms with Crippen molar-refractivity contribution in [2.75, 3.05) is 0 Å². The number of fused-ring (bicyclic) bond motifs is 2. The number of phenolic OH excluding ortho intramolecular Hbond substituents is 1. The van der Waals surface area contributed by atoms with Gasteiger partial charge in [0.25, 0.3) is 0 Å². The first-order valence-electron chi connectivity index (χ1n) is 5.12. The molecule has 3 rings (SSSR count). The van der Waals surface area contributed by atoms with E-state index in [1.54, 1.807) is 24.3 Å². The van der Waals surface area contributed by atoms with E-state index in [4.69, 9.17) is 27.6 Å². The van der Waals surface area contributed by atoms with E-state index in [1.807, 2.05) is 0 Å². The minimum atomic E-state index is -0.265. The van der Waals surface area contributed by atoms with Crippen LogP contribution in [0.25, 0.3) is 21.9 Å². The van der Waals surface area contributed by atoms with Gasteiger partial charge in [-0.1, -0.05) is 35.3 Å². The van der Waals surface area contributed by atoms with Gasteiger partial charge < -0.3 is 9.52 Å². The standard InChI is InChI=1S/C13H6Cl2O3/c14-11-7(16)5-9-10(12(11)15)13(17)6-3-1-2-4-8(6)18-9/h1-5,16H. The lowest BCUT2D eigenvalue weighted by Gasteiger charge is -2.05. The fourth-order valence-corrected chi connectivity index (χ4v) is 2.30. The average molecular weight is 281 g/mol. The van der Waals surface area contributed by atoms with Crippen molar-refractivity contribution in [1.29, 1.82) is 0 Å². The highest BCUT2D eigenvalue weighted by Gasteiger charge is 2.16. The van der Waals surface area contributed by atoms with E-state index in [9.17, 15) is 9.90 Å². The van der Waals surface area contributed by atoms with Crippen LogP contribution in [0.2, 0.25) is 10.0 Å². The van der Waals surface area contributed by atoms with Gasteiger partial charge in [0.05, 0.1) is 15.8 Å². The Balaban J connectivity index is 2.65. The quantitative estimate of drug-likeness (QED) is 0.634. The van der Waals surface area contributed by atoms with Crippen LogP contribution >= 0.6 is 23.2 Å². The van der Waals surface area contributed by atoms with Gasteiger partial charge in [0.2, 0.25) is 5.43 Å². The SMILES string of the molecule is O=c1c2ccccc2oc2cc(O)c(Cl)c(Cl)c12. The zero-order valence-electron chi connectivity index (χ0n) is 8.91. The normalized spacial score (nSPS) is 11.2. The molecule has 1 heterocycles. The van der Waals surface area contributed by atoms with Crippen LogP contribution in [-0.4, -0.2) is 5.11 Å². The van der Waals surface area contributed by atoms with Gasteiger partial charge >= 0.3 is 0 Å². The first kappa shape index (κ1) is 11.4. The molecule has 2 aromatic carbocycles. The topological polar surface area (TPSA) is 50.4 Å². The second kappa shape index (κ2) is 3.90. The summed E-state index contributed by atoms with van der Waals surface area (Å²) >= 11 is 11.8. The van der Waals surface area contributed by atoms with Gasteiger partial charge in [-0.15, -0.1) is 0 Å². The van der Waals surface area contributed by atoms with Crippen LogP contribution in [0.1, 0.15) is 0 Å². The number of hydrogen-bond donors (Lipinski definition) is 1. The monoisotopic (exact) mass is 280 g/mol. The van der Waals surface area contributed by atoms with Crippen LogP contribution in [0.15, 0.2) is 39.5 Å². The molecule has 0 spiro atoms. The maximum Gasteiger partial charge on any atom is 0.202 e. The van der Waals surface area contributed by atoms with E-state index in [0.29, 0.717) is 11.0 Å². The molecular weight excluding hydrogens is 275 g/mol. The molecule has 0 saturated heterocycles. The number of phenols is 1. The third-order valence-electron chi connectivity index (χ3n) is 2.73. The minimum Gasteiger partial charge on any atom is -0.506 e. The molecule has 0 atom stereocenters. The zero-order chi connectivity index (χ0) is 12.9. The van der Waals surface area contributed by atoms with Gasteiger partial charge in [-0.05, 0) is 12.1 Å². The number of hydrogen-bond acceptors (Lipinski definition) is 3. The summed E-state index contributed by atoms with van der Waals surface area (Å²) in [7, 11) is 0. The molecule has 0 aliphatic rings. The van der Waals surface area contributed by atoms with Crippen LogP contribution in [-0.2, 0) is 0 Å². The van der Waals surface area contributed by atoms with Gasteiger partial charge in [0.1, 0.15) is 21.9 Å². The Hall–Kier alpha value is -1.71. The summed E-state index contributed by atoms with van der Waals surface area (Å²) in [4.78, 5) is 12.3. The molecule has 0 unspecified atom stereocenters. The molecule has 0 radical (unpaired) electrons. The molecule has 0 aliphatic heterocycles. The fourth-order valence-electron chi connectivity index (χ4n) is 1.88. The van der Waals surface area contributed by atoms with Crippen LogP contribution in [0.3, 0.4) is 0 Å². The van der Waals surface area contributed by atoms with E-state index < -0.39 is 0 Å². The highest BCUT2D eigenvalue weighted by Crippen LogP contribution is 2.37. The molecule has 0 fully saturated rings. The van der Waals surface area contributed by atoms with Gasteiger partial charge in [-0.2, -0.15) is 0 Å². The fraction of sp³-hybridized carbons (Fsp3) is 0. The van der Waals surface area contributed by atoms with Crippen LogP contribution in [0.4, 0.5) is 0 Å². The van der Waals surface area contributed by atoms with E-state index >= 15 is 0 Å². The summed E-state index contributed by atoms with van der Waals surface area (Å²) in [5.74, 6) is -0.215. The van der Waals surface area contributed by atoms with Gasteiger partial charge in [0, 0.05) is 6.07 Å². The predicted molar refractivity (Wildman–Crippen MR) is 71.7 cm³/mol. The average Bonchev–Trinajstić information content (AvgIpc) is 2.36. The lowest BCUT2D eigenvalue weighted by molar-refractivity contribution is 0.475. The number of halogens is 2.